The molecule has 0 fully saturated rings. The smallest absolute Gasteiger partial charge is 0.319 e. The highest BCUT2D eigenvalue weighted by atomic mass is 16.5. The second kappa shape index (κ2) is 12.0. The molecule has 2 aromatic carbocycles. The van der Waals surface area contributed by atoms with E-state index in [1.807, 2.05) is 46.0 Å². The van der Waals surface area contributed by atoms with Gasteiger partial charge in [-0.15, -0.1) is 0 Å². The highest BCUT2D eigenvalue weighted by Gasteiger charge is 2.34. The summed E-state index contributed by atoms with van der Waals surface area (Å²) >= 11 is 0. The lowest BCUT2D eigenvalue weighted by molar-refractivity contribution is 0.0343. The lowest BCUT2D eigenvalue weighted by Gasteiger charge is -2.38. The van der Waals surface area contributed by atoms with Crippen LogP contribution in [-0.4, -0.2) is 71.8 Å². The van der Waals surface area contributed by atoms with E-state index in [4.69, 9.17) is 4.74 Å². The predicted octanol–water partition coefficient (Wildman–Crippen LogP) is 3.57. The van der Waals surface area contributed by atoms with Crippen molar-refractivity contribution in [3.63, 3.8) is 0 Å². The number of aliphatic hydroxyl groups excluding tert-OH is 1. The molecule has 0 spiro atoms. The Morgan fingerprint density at radius 1 is 1.17 bits per heavy atom. The van der Waals surface area contributed by atoms with Crippen LogP contribution in [0.4, 0.5) is 10.5 Å². The molecule has 2 aromatic rings. The molecule has 8 nitrogen and oxygen atoms in total. The first-order valence-corrected chi connectivity index (χ1v) is 12.2. The summed E-state index contributed by atoms with van der Waals surface area (Å²) in [6.45, 7) is 9.34. The third-order valence-corrected chi connectivity index (χ3v) is 6.15. The Balaban J connectivity index is 1.94. The number of anilines is 1. The van der Waals surface area contributed by atoms with Gasteiger partial charge < -0.3 is 25.4 Å². The van der Waals surface area contributed by atoms with E-state index >= 15 is 0 Å². The van der Waals surface area contributed by atoms with Crippen LogP contribution in [0.15, 0.2) is 48.5 Å². The number of hydrogen-bond acceptors (Lipinski definition) is 5. The largest absolute Gasteiger partial charge is 0.486 e. The summed E-state index contributed by atoms with van der Waals surface area (Å²) < 4.78 is 6.53. The molecule has 35 heavy (non-hydrogen) atoms. The first kappa shape index (κ1) is 26.5. The van der Waals surface area contributed by atoms with Crippen LogP contribution < -0.4 is 15.4 Å². The van der Waals surface area contributed by atoms with Crippen molar-refractivity contribution in [3.05, 3.63) is 59.7 Å². The maximum Gasteiger partial charge on any atom is 0.319 e. The summed E-state index contributed by atoms with van der Waals surface area (Å²) in [4.78, 5) is 29.9. The zero-order valence-corrected chi connectivity index (χ0v) is 21.3. The third-order valence-electron chi connectivity index (χ3n) is 6.15. The molecule has 190 valence electrons. The Hall–Kier alpha value is -3.10. The number of urea groups is 1. The van der Waals surface area contributed by atoms with Gasteiger partial charge in [0.25, 0.3) is 5.91 Å². The average molecular weight is 483 g/mol. The number of ether oxygens (including phenoxy) is 1. The van der Waals surface area contributed by atoms with Crippen molar-refractivity contribution >= 4 is 17.6 Å². The Labute approximate surface area is 208 Å². The molecule has 3 rings (SSSR count). The quantitative estimate of drug-likeness (QED) is 0.535. The van der Waals surface area contributed by atoms with Crippen LogP contribution in [0.2, 0.25) is 0 Å². The lowest BCUT2D eigenvalue weighted by Crippen LogP contribution is -2.49. The standard InChI is InChI=1S/C27H38N4O4/c1-18(2)28-27(34)29-23-13-9-12-22-25(23)35-24(16-30(5)15-21-10-7-6-8-11-21)19(3)14-31(26(22)33)20(4)17-32/h6-13,18-20,24,32H,14-17H2,1-5H3,(H2,28,29,34)/t19-,20-,24-/m0/s1. The molecule has 3 amide bonds. The van der Waals surface area contributed by atoms with Gasteiger partial charge >= 0.3 is 6.03 Å². The number of rotatable bonds is 8. The van der Waals surface area contributed by atoms with Crippen LogP contribution in [0.3, 0.4) is 0 Å². The van der Waals surface area contributed by atoms with Gasteiger partial charge in [0.1, 0.15) is 6.10 Å². The number of hydrogen-bond donors (Lipinski definition) is 3. The minimum absolute atomic E-state index is 0.0168. The van der Waals surface area contributed by atoms with Crippen LogP contribution in [0, 0.1) is 5.92 Å². The van der Waals surface area contributed by atoms with Crippen molar-refractivity contribution in [2.75, 3.05) is 32.1 Å². The summed E-state index contributed by atoms with van der Waals surface area (Å²) in [5, 5.41) is 15.5. The van der Waals surface area contributed by atoms with Gasteiger partial charge in [0, 0.05) is 31.6 Å². The van der Waals surface area contributed by atoms with Crippen molar-refractivity contribution in [2.24, 2.45) is 5.92 Å². The van der Waals surface area contributed by atoms with Crippen LogP contribution in [0.1, 0.15) is 43.6 Å². The number of fused-ring (bicyclic) bond motifs is 1. The van der Waals surface area contributed by atoms with Gasteiger partial charge in [-0.2, -0.15) is 0 Å². The van der Waals surface area contributed by atoms with Crippen molar-refractivity contribution in [1.82, 2.24) is 15.1 Å². The fraction of sp³-hybridized carbons (Fsp3) is 0.481. The van der Waals surface area contributed by atoms with E-state index in [1.165, 1.54) is 5.56 Å². The van der Waals surface area contributed by atoms with Gasteiger partial charge in [-0.05, 0) is 45.5 Å². The molecule has 3 N–H and O–H groups in total. The number of nitrogens with zero attached hydrogens (tertiary/aromatic N) is 2. The monoisotopic (exact) mass is 482 g/mol. The minimum Gasteiger partial charge on any atom is -0.486 e. The van der Waals surface area contributed by atoms with E-state index in [0.29, 0.717) is 30.1 Å². The van der Waals surface area contributed by atoms with Gasteiger partial charge in [0.05, 0.1) is 23.9 Å². The molecule has 0 radical (unpaired) electrons. The number of amides is 3. The van der Waals surface area contributed by atoms with E-state index in [-0.39, 0.29) is 42.7 Å². The number of carbonyl (C=O) groups is 2. The highest BCUT2D eigenvalue weighted by Crippen LogP contribution is 2.35. The van der Waals surface area contributed by atoms with E-state index in [0.717, 1.165) is 6.54 Å². The third kappa shape index (κ3) is 6.96. The minimum atomic E-state index is -0.363. The van der Waals surface area contributed by atoms with E-state index in [9.17, 15) is 14.7 Å². The van der Waals surface area contributed by atoms with Gasteiger partial charge in [0.15, 0.2) is 5.75 Å². The molecule has 0 aliphatic carbocycles. The molecule has 8 heteroatoms. The molecular formula is C27H38N4O4. The summed E-state index contributed by atoms with van der Waals surface area (Å²) in [5.41, 5.74) is 2.01. The normalized spacial score (nSPS) is 19.0. The summed E-state index contributed by atoms with van der Waals surface area (Å²) in [7, 11) is 2.04. The van der Waals surface area contributed by atoms with Crippen molar-refractivity contribution in [2.45, 2.75) is 52.4 Å². The second-order valence-corrected chi connectivity index (χ2v) is 9.74. The number of benzene rings is 2. The van der Waals surface area contributed by atoms with E-state index in [1.54, 1.807) is 23.1 Å². The zero-order chi connectivity index (χ0) is 25.5. The van der Waals surface area contributed by atoms with Crippen LogP contribution in [-0.2, 0) is 6.54 Å². The topological polar surface area (TPSA) is 94.1 Å². The zero-order valence-electron chi connectivity index (χ0n) is 21.3. The molecule has 1 heterocycles. The second-order valence-electron chi connectivity index (χ2n) is 9.74. The van der Waals surface area contributed by atoms with Gasteiger partial charge in [0.2, 0.25) is 0 Å². The number of para-hydroxylation sites is 1. The first-order chi connectivity index (χ1) is 16.7. The molecule has 0 saturated heterocycles. The summed E-state index contributed by atoms with van der Waals surface area (Å²) in [6, 6.07) is 14.7. The van der Waals surface area contributed by atoms with Gasteiger partial charge in [-0.1, -0.05) is 43.3 Å². The number of nitrogens with one attached hydrogen (secondary N) is 2. The SMILES string of the molecule is CC(C)NC(=O)Nc1cccc2c1O[C@@H](CN(C)Cc1ccccc1)[C@@H](C)CN([C@@H](C)CO)C2=O. The Morgan fingerprint density at radius 3 is 2.54 bits per heavy atom. The molecule has 0 bridgehead atoms. The Kier molecular flexibility index (Phi) is 9.12. The average Bonchev–Trinajstić information content (AvgIpc) is 2.81. The number of carbonyl (C=O) groups excluding carboxylic acids is 2. The summed E-state index contributed by atoms with van der Waals surface area (Å²) in [6.07, 6.45) is -0.250. The molecule has 1 aliphatic heterocycles. The fourth-order valence-electron chi connectivity index (χ4n) is 4.25. The fourth-order valence-corrected chi connectivity index (χ4v) is 4.25. The first-order valence-electron chi connectivity index (χ1n) is 12.2. The van der Waals surface area contributed by atoms with Crippen LogP contribution >= 0.6 is 0 Å². The van der Waals surface area contributed by atoms with Crippen molar-refractivity contribution in [3.8, 4) is 5.75 Å². The maximum absolute atomic E-state index is 13.5. The molecule has 1 aliphatic rings. The molecular weight excluding hydrogens is 444 g/mol. The van der Waals surface area contributed by atoms with Gasteiger partial charge in [-0.3, -0.25) is 9.69 Å². The van der Waals surface area contributed by atoms with Crippen molar-refractivity contribution < 1.29 is 19.4 Å². The van der Waals surface area contributed by atoms with Crippen molar-refractivity contribution in [1.29, 1.82) is 0 Å². The van der Waals surface area contributed by atoms with E-state index < -0.39 is 0 Å². The van der Waals surface area contributed by atoms with Crippen LogP contribution in [0.25, 0.3) is 0 Å². The molecule has 0 unspecified atom stereocenters. The maximum atomic E-state index is 13.5. The molecule has 3 atom stereocenters. The number of likely N-dealkylation sites (N-methyl/N-ethyl adjacent to an activating group) is 1. The van der Waals surface area contributed by atoms with Gasteiger partial charge in [-0.25, -0.2) is 4.79 Å². The highest BCUT2D eigenvalue weighted by molar-refractivity contribution is 6.01. The predicted molar refractivity (Wildman–Crippen MR) is 138 cm³/mol. The summed E-state index contributed by atoms with van der Waals surface area (Å²) in [5.74, 6) is 0.116. The van der Waals surface area contributed by atoms with Crippen LogP contribution in [0.5, 0.6) is 5.75 Å². The number of aliphatic hydroxyl groups is 1. The molecule has 0 saturated carbocycles. The Morgan fingerprint density at radius 2 is 1.89 bits per heavy atom. The van der Waals surface area contributed by atoms with E-state index in [2.05, 4.69) is 34.6 Å². The molecule has 0 aromatic heterocycles. The lowest BCUT2D eigenvalue weighted by atomic mass is 9.99. The Bertz CT molecular complexity index is 998.